The summed E-state index contributed by atoms with van der Waals surface area (Å²) in [4.78, 5) is -0.284. The third-order valence-electron chi connectivity index (χ3n) is 4.01. The second-order valence-electron chi connectivity index (χ2n) is 6.00. The van der Waals surface area contributed by atoms with E-state index in [-0.39, 0.29) is 16.9 Å². The van der Waals surface area contributed by atoms with Crippen LogP contribution < -0.4 is 10.0 Å². The Kier molecular flexibility index (Phi) is 5.89. The summed E-state index contributed by atoms with van der Waals surface area (Å²) in [6.07, 6.45) is -1.17. The summed E-state index contributed by atoms with van der Waals surface area (Å²) in [5.74, 6) is 0. The molecular formula is C13H21F3N4O3S. The fourth-order valence-electron chi connectivity index (χ4n) is 2.72. The zero-order chi connectivity index (χ0) is 17.8. The number of nitrogens with one attached hydrogen (secondary N) is 2. The Morgan fingerprint density at radius 3 is 2.67 bits per heavy atom. The minimum atomic E-state index is -4.46. The summed E-state index contributed by atoms with van der Waals surface area (Å²) in [7, 11) is -2.37. The molecule has 0 unspecified atom stereocenters. The molecule has 1 aromatic heterocycles. The molecule has 0 atom stereocenters. The van der Waals surface area contributed by atoms with Gasteiger partial charge in [-0.05, 0) is 25.9 Å². The van der Waals surface area contributed by atoms with Gasteiger partial charge in [0, 0.05) is 25.3 Å². The van der Waals surface area contributed by atoms with Crippen molar-refractivity contribution in [3.05, 3.63) is 12.4 Å². The number of hydrogen-bond donors (Lipinski definition) is 2. The lowest BCUT2D eigenvalue weighted by Crippen LogP contribution is -2.47. The predicted octanol–water partition coefficient (Wildman–Crippen LogP) is 0.740. The van der Waals surface area contributed by atoms with E-state index in [2.05, 4.69) is 15.1 Å². The van der Waals surface area contributed by atoms with Gasteiger partial charge >= 0.3 is 6.18 Å². The third kappa shape index (κ3) is 5.16. The van der Waals surface area contributed by atoms with Crippen LogP contribution in [0.4, 0.5) is 13.2 Å². The van der Waals surface area contributed by atoms with Gasteiger partial charge in [-0.1, -0.05) is 0 Å². The van der Waals surface area contributed by atoms with E-state index in [0.717, 1.165) is 38.3 Å². The highest BCUT2D eigenvalue weighted by molar-refractivity contribution is 7.89. The number of nitrogens with zero attached hydrogens (tertiary/aromatic N) is 2. The maximum absolute atomic E-state index is 12.3. The van der Waals surface area contributed by atoms with Gasteiger partial charge in [0.15, 0.2) is 0 Å². The molecular weight excluding hydrogens is 349 g/mol. The van der Waals surface area contributed by atoms with Crippen LogP contribution in [0, 0.1) is 5.41 Å². The first-order valence-electron chi connectivity index (χ1n) is 7.44. The molecule has 1 aliphatic rings. The topological polar surface area (TPSA) is 85.2 Å². The lowest BCUT2D eigenvalue weighted by Gasteiger charge is -2.37. The van der Waals surface area contributed by atoms with Crippen LogP contribution in [0.5, 0.6) is 0 Å². The molecule has 0 aromatic carbocycles. The van der Waals surface area contributed by atoms with Crippen molar-refractivity contribution in [3.8, 4) is 0 Å². The summed E-state index contributed by atoms with van der Waals surface area (Å²) in [5.41, 5.74) is -0.324. The maximum atomic E-state index is 12.3. The number of sulfonamides is 1. The maximum Gasteiger partial charge on any atom is 0.408 e. The number of halogens is 3. The first-order chi connectivity index (χ1) is 11.2. The Bertz CT molecular complexity index is 634. The van der Waals surface area contributed by atoms with E-state index in [1.54, 1.807) is 7.11 Å². The molecule has 0 saturated carbocycles. The smallest absolute Gasteiger partial charge is 0.384 e. The highest BCUT2D eigenvalue weighted by atomic mass is 32.2. The molecule has 2 heterocycles. The van der Waals surface area contributed by atoms with Gasteiger partial charge in [-0.2, -0.15) is 18.3 Å². The first-order valence-corrected chi connectivity index (χ1v) is 8.93. The van der Waals surface area contributed by atoms with Crippen molar-refractivity contribution in [2.75, 3.05) is 33.4 Å². The van der Waals surface area contributed by atoms with Crippen LogP contribution in [-0.2, 0) is 21.3 Å². The van der Waals surface area contributed by atoms with Crippen molar-refractivity contribution in [3.63, 3.8) is 0 Å². The van der Waals surface area contributed by atoms with Crippen LogP contribution in [-0.4, -0.2) is 57.7 Å². The van der Waals surface area contributed by atoms with Gasteiger partial charge in [0.1, 0.15) is 11.4 Å². The van der Waals surface area contributed by atoms with Crippen molar-refractivity contribution in [2.24, 2.45) is 5.41 Å². The van der Waals surface area contributed by atoms with Crippen LogP contribution >= 0.6 is 0 Å². The van der Waals surface area contributed by atoms with E-state index < -0.39 is 22.7 Å². The lowest BCUT2D eigenvalue weighted by atomic mass is 9.80. The minimum absolute atomic E-state index is 0.162. The second kappa shape index (κ2) is 7.38. The number of rotatable bonds is 7. The van der Waals surface area contributed by atoms with Gasteiger partial charge in [0.25, 0.3) is 0 Å². The van der Waals surface area contributed by atoms with Crippen LogP contribution in [0.2, 0.25) is 0 Å². The molecule has 1 aromatic rings. The SMILES string of the molecule is COCC1(CNS(=O)(=O)c2cnn(CC(F)(F)F)c2)CCNCC1. The zero-order valence-electron chi connectivity index (χ0n) is 13.3. The fraction of sp³-hybridized carbons (Fsp3) is 0.769. The van der Waals surface area contributed by atoms with Gasteiger partial charge in [0.2, 0.25) is 10.0 Å². The number of hydrogen-bond acceptors (Lipinski definition) is 5. The first kappa shape index (κ1) is 19.2. The molecule has 2 N–H and O–H groups in total. The molecule has 1 saturated heterocycles. The van der Waals surface area contributed by atoms with Gasteiger partial charge in [-0.25, -0.2) is 13.1 Å². The van der Waals surface area contributed by atoms with Gasteiger partial charge in [-0.3, -0.25) is 4.68 Å². The van der Waals surface area contributed by atoms with Crippen LogP contribution in [0.25, 0.3) is 0 Å². The summed E-state index contributed by atoms with van der Waals surface area (Å²) in [6.45, 7) is 0.755. The van der Waals surface area contributed by atoms with E-state index in [9.17, 15) is 21.6 Å². The van der Waals surface area contributed by atoms with E-state index >= 15 is 0 Å². The van der Waals surface area contributed by atoms with Crippen molar-refractivity contribution < 1.29 is 26.3 Å². The largest absolute Gasteiger partial charge is 0.408 e. The second-order valence-corrected chi connectivity index (χ2v) is 7.76. The molecule has 138 valence electrons. The zero-order valence-corrected chi connectivity index (χ0v) is 14.1. The van der Waals surface area contributed by atoms with E-state index in [0.29, 0.717) is 11.3 Å². The summed E-state index contributed by atoms with van der Waals surface area (Å²) in [6, 6.07) is 0. The number of alkyl halides is 3. The Hall–Kier alpha value is -1.17. The highest BCUT2D eigenvalue weighted by Gasteiger charge is 2.34. The molecule has 1 fully saturated rings. The molecule has 0 bridgehead atoms. The molecule has 24 heavy (non-hydrogen) atoms. The molecule has 0 radical (unpaired) electrons. The lowest BCUT2D eigenvalue weighted by molar-refractivity contribution is -0.142. The summed E-state index contributed by atoms with van der Waals surface area (Å²) < 4.78 is 69.8. The Morgan fingerprint density at radius 1 is 1.42 bits per heavy atom. The van der Waals surface area contributed by atoms with Crippen molar-refractivity contribution in [1.29, 1.82) is 0 Å². The number of piperidine rings is 1. The molecule has 1 aliphatic heterocycles. The van der Waals surface area contributed by atoms with E-state index in [1.165, 1.54) is 0 Å². The summed E-state index contributed by atoms with van der Waals surface area (Å²) >= 11 is 0. The van der Waals surface area contributed by atoms with Crippen molar-refractivity contribution in [1.82, 2.24) is 19.8 Å². The van der Waals surface area contributed by atoms with Crippen molar-refractivity contribution in [2.45, 2.75) is 30.5 Å². The van der Waals surface area contributed by atoms with E-state index in [1.807, 2.05) is 0 Å². The van der Waals surface area contributed by atoms with Gasteiger partial charge in [-0.15, -0.1) is 0 Å². The van der Waals surface area contributed by atoms with Crippen LogP contribution in [0.1, 0.15) is 12.8 Å². The Labute approximate surface area is 138 Å². The number of methoxy groups -OCH3 is 1. The quantitative estimate of drug-likeness (QED) is 0.740. The Morgan fingerprint density at radius 2 is 2.08 bits per heavy atom. The fourth-order valence-corrected chi connectivity index (χ4v) is 3.83. The standard InChI is InChI=1S/C13H21F3N4O3S/c1-23-10-12(2-4-17-5-3-12)8-19-24(21,22)11-6-18-20(7-11)9-13(14,15)16/h6-7,17,19H,2-5,8-10H2,1H3. The molecule has 2 rings (SSSR count). The third-order valence-corrected chi connectivity index (χ3v) is 5.37. The monoisotopic (exact) mass is 370 g/mol. The van der Waals surface area contributed by atoms with Gasteiger partial charge < -0.3 is 10.1 Å². The normalized spacial score (nSPS) is 18.7. The molecule has 0 amide bonds. The van der Waals surface area contributed by atoms with Crippen molar-refractivity contribution >= 4 is 10.0 Å². The molecule has 0 aliphatic carbocycles. The average Bonchev–Trinajstić information content (AvgIpc) is 2.94. The molecule has 7 nitrogen and oxygen atoms in total. The van der Waals surface area contributed by atoms with Gasteiger partial charge in [0.05, 0.1) is 12.8 Å². The number of aromatic nitrogens is 2. The minimum Gasteiger partial charge on any atom is -0.384 e. The predicted molar refractivity (Wildman–Crippen MR) is 79.9 cm³/mol. The van der Waals surface area contributed by atoms with E-state index in [4.69, 9.17) is 4.74 Å². The number of ether oxygens (including phenoxy) is 1. The van der Waals surface area contributed by atoms with Crippen LogP contribution in [0.3, 0.4) is 0 Å². The molecule has 11 heteroatoms. The molecule has 0 spiro atoms. The Balaban J connectivity index is 2.05. The van der Waals surface area contributed by atoms with Crippen LogP contribution in [0.15, 0.2) is 17.3 Å². The average molecular weight is 370 g/mol. The highest BCUT2D eigenvalue weighted by Crippen LogP contribution is 2.29. The summed E-state index contributed by atoms with van der Waals surface area (Å²) in [5, 5.41) is 6.66.